The third-order valence-electron chi connectivity index (χ3n) is 3.62. The van der Waals surface area contributed by atoms with E-state index in [0.717, 1.165) is 0 Å². The molecule has 1 amide bonds. The smallest absolute Gasteiger partial charge is 0.260 e. The summed E-state index contributed by atoms with van der Waals surface area (Å²) in [5.74, 6) is -0.131. The first kappa shape index (κ1) is 16.4. The molecule has 0 spiro atoms. The highest BCUT2D eigenvalue weighted by molar-refractivity contribution is 7.19. The second-order valence-corrected chi connectivity index (χ2v) is 6.22. The number of carbonyl (C=O) groups is 1. The van der Waals surface area contributed by atoms with E-state index < -0.39 is 5.91 Å². The molecule has 3 N–H and O–H groups in total. The number of imidazole rings is 1. The van der Waals surface area contributed by atoms with Crippen molar-refractivity contribution >= 4 is 28.0 Å². The summed E-state index contributed by atoms with van der Waals surface area (Å²) in [5, 5.41) is 3.26. The Bertz CT molecular complexity index is 903. The molecule has 0 aliphatic carbocycles. The van der Waals surface area contributed by atoms with Crippen molar-refractivity contribution in [1.82, 2.24) is 9.38 Å². The van der Waals surface area contributed by atoms with Gasteiger partial charge in [0.1, 0.15) is 22.2 Å². The van der Waals surface area contributed by atoms with Crippen molar-refractivity contribution < 1.29 is 13.9 Å². The molecule has 0 aliphatic heterocycles. The lowest BCUT2D eigenvalue weighted by molar-refractivity contribution is 0.100. The van der Waals surface area contributed by atoms with Crippen LogP contribution in [0.4, 0.5) is 10.2 Å². The van der Waals surface area contributed by atoms with Gasteiger partial charge in [-0.15, -0.1) is 0 Å². The molecule has 0 atom stereocenters. The first-order valence-corrected chi connectivity index (χ1v) is 8.15. The van der Waals surface area contributed by atoms with E-state index in [2.05, 4.69) is 10.3 Å². The fraction of sp³-hybridized carbons (Fsp3) is 0.250. The second kappa shape index (κ2) is 6.58. The fourth-order valence-corrected chi connectivity index (χ4v) is 3.52. The van der Waals surface area contributed by atoms with Gasteiger partial charge in [-0.1, -0.05) is 23.5 Å². The lowest BCUT2D eigenvalue weighted by atomic mass is 10.1. The van der Waals surface area contributed by atoms with E-state index in [-0.39, 0.29) is 5.82 Å². The van der Waals surface area contributed by atoms with E-state index in [4.69, 9.17) is 10.5 Å². The summed E-state index contributed by atoms with van der Waals surface area (Å²) in [6, 6.07) is 6.24. The molecule has 24 heavy (non-hydrogen) atoms. The number of thiazole rings is 1. The highest BCUT2D eigenvalue weighted by atomic mass is 32.1. The standard InChI is InChI=1S/C16H17FN4O2S/c1-9-13(14(18)22)24-16-20-12(10-4-3-5-11(17)8-10)15(21(9)16)19-6-7-23-2/h3-5,8,19H,6-7H2,1-2H3,(H2,18,22). The zero-order valence-corrected chi connectivity index (χ0v) is 14.1. The number of anilines is 1. The maximum absolute atomic E-state index is 13.6. The molecule has 8 heteroatoms. The molecule has 0 saturated carbocycles. The summed E-state index contributed by atoms with van der Waals surface area (Å²) in [7, 11) is 1.61. The Hall–Kier alpha value is -2.45. The first-order chi connectivity index (χ1) is 11.5. The number of benzene rings is 1. The van der Waals surface area contributed by atoms with E-state index in [1.54, 1.807) is 19.2 Å². The molecule has 2 aromatic heterocycles. The van der Waals surface area contributed by atoms with Gasteiger partial charge in [-0.25, -0.2) is 9.37 Å². The van der Waals surface area contributed by atoms with Gasteiger partial charge in [0.25, 0.3) is 5.91 Å². The van der Waals surface area contributed by atoms with Gasteiger partial charge in [-0.05, 0) is 19.1 Å². The molecular weight excluding hydrogens is 331 g/mol. The molecule has 1 aromatic carbocycles. The Morgan fingerprint density at radius 2 is 2.29 bits per heavy atom. The van der Waals surface area contributed by atoms with E-state index in [1.807, 2.05) is 11.3 Å². The Kier molecular flexibility index (Phi) is 4.50. The van der Waals surface area contributed by atoms with Crippen LogP contribution in [0.3, 0.4) is 0 Å². The molecule has 6 nitrogen and oxygen atoms in total. The van der Waals surface area contributed by atoms with Crippen molar-refractivity contribution in [3.63, 3.8) is 0 Å². The van der Waals surface area contributed by atoms with Gasteiger partial charge in [0, 0.05) is 24.9 Å². The minimum Gasteiger partial charge on any atom is -0.383 e. The highest BCUT2D eigenvalue weighted by Gasteiger charge is 2.21. The van der Waals surface area contributed by atoms with Crippen molar-refractivity contribution in [2.75, 3.05) is 25.6 Å². The van der Waals surface area contributed by atoms with Gasteiger partial charge in [0.2, 0.25) is 0 Å². The number of carbonyl (C=O) groups excluding carboxylic acids is 1. The fourth-order valence-electron chi connectivity index (χ4n) is 2.55. The maximum atomic E-state index is 13.6. The van der Waals surface area contributed by atoms with Crippen molar-refractivity contribution in [3.05, 3.63) is 40.7 Å². The van der Waals surface area contributed by atoms with E-state index in [9.17, 15) is 9.18 Å². The molecule has 0 saturated heterocycles. The quantitative estimate of drug-likeness (QED) is 0.671. The highest BCUT2D eigenvalue weighted by Crippen LogP contribution is 2.34. The summed E-state index contributed by atoms with van der Waals surface area (Å²) < 4.78 is 20.5. The predicted molar refractivity (Wildman–Crippen MR) is 92.1 cm³/mol. The zero-order valence-electron chi connectivity index (χ0n) is 13.3. The van der Waals surface area contributed by atoms with Gasteiger partial charge in [-0.3, -0.25) is 9.20 Å². The van der Waals surface area contributed by atoms with Crippen LogP contribution in [0.1, 0.15) is 15.4 Å². The Morgan fingerprint density at radius 1 is 1.50 bits per heavy atom. The second-order valence-electron chi connectivity index (χ2n) is 5.24. The number of methoxy groups -OCH3 is 1. The third kappa shape index (κ3) is 2.85. The number of nitrogens with zero attached hydrogens (tertiary/aromatic N) is 2. The summed E-state index contributed by atoms with van der Waals surface area (Å²) in [4.78, 5) is 17.2. The summed E-state index contributed by atoms with van der Waals surface area (Å²) in [6.07, 6.45) is 0. The Balaban J connectivity index is 2.17. The number of aromatic nitrogens is 2. The van der Waals surface area contributed by atoms with Gasteiger partial charge in [-0.2, -0.15) is 0 Å². The van der Waals surface area contributed by atoms with E-state index in [1.165, 1.54) is 23.5 Å². The SMILES string of the molecule is COCCNc1c(-c2cccc(F)c2)nc2sc(C(N)=O)c(C)n12. The number of nitrogens with two attached hydrogens (primary N) is 1. The van der Waals surface area contributed by atoms with Gasteiger partial charge in [0.15, 0.2) is 4.96 Å². The monoisotopic (exact) mass is 348 g/mol. The lowest BCUT2D eigenvalue weighted by Gasteiger charge is -2.09. The van der Waals surface area contributed by atoms with Gasteiger partial charge < -0.3 is 15.8 Å². The zero-order chi connectivity index (χ0) is 17.3. The summed E-state index contributed by atoms with van der Waals surface area (Å²) in [6.45, 7) is 2.86. The number of ether oxygens (including phenoxy) is 1. The van der Waals surface area contributed by atoms with Crippen LogP contribution in [0.25, 0.3) is 16.2 Å². The van der Waals surface area contributed by atoms with Crippen molar-refractivity contribution in [1.29, 1.82) is 0 Å². The van der Waals surface area contributed by atoms with Crippen LogP contribution >= 0.6 is 11.3 Å². The number of hydrogen-bond donors (Lipinski definition) is 2. The van der Waals surface area contributed by atoms with Gasteiger partial charge in [0.05, 0.1) is 6.61 Å². The van der Waals surface area contributed by atoms with Crippen molar-refractivity contribution in [3.8, 4) is 11.3 Å². The van der Waals surface area contributed by atoms with Crippen molar-refractivity contribution in [2.45, 2.75) is 6.92 Å². The molecule has 3 rings (SSSR count). The summed E-state index contributed by atoms with van der Waals surface area (Å²) in [5.41, 5.74) is 7.40. The van der Waals surface area contributed by atoms with E-state index >= 15 is 0 Å². The normalized spacial score (nSPS) is 11.1. The number of hydrogen-bond acceptors (Lipinski definition) is 5. The third-order valence-corrected chi connectivity index (χ3v) is 4.78. The van der Waals surface area contributed by atoms with E-state index in [0.29, 0.717) is 45.8 Å². The maximum Gasteiger partial charge on any atom is 0.260 e. The van der Waals surface area contributed by atoms with Crippen LogP contribution in [0.5, 0.6) is 0 Å². The molecule has 126 valence electrons. The minimum atomic E-state index is -0.488. The predicted octanol–water partition coefficient (Wildman–Crippen LogP) is 2.67. The average molecular weight is 348 g/mol. The van der Waals surface area contributed by atoms with Crippen LogP contribution < -0.4 is 11.1 Å². The van der Waals surface area contributed by atoms with Gasteiger partial charge >= 0.3 is 0 Å². The molecular formula is C16H17FN4O2S. The number of amides is 1. The largest absolute Gasteiger partial charge is 0.383 e. The first-order valence-electron chi connectivity index (χ1n) is 7.33. The number of halogens is 1. The molecule has 0 radical (unpaired) electrons. The van der Waals surface area contributed by atoms with Crippen LogP contribution in [-0.2, 0) is 4.74 Å². The molecule has 0 aliphatic rings. The number of fused-ring (bicyclic) bond motifs is 1. The molecule has 0 bridgehead atoms. The van der Waals surface area contributed by atoms with Crippen LogP contribution in [-0.4, -0.2) is 35.6 Å². The number of primary amides is 1. The average Bonchev–Trinajstić information content (AvgIpc) is 3.05. The number of nitrogens with one attached hydrogen (secondary N) is 1. The Labute approximate surface area is 142 Å². The summed E-state index contributed by atoms with van der Waals surface area (Å²) >= 11 is 1.22. The molecule has 0 unspecified atom stereocenters. The Morgan fingerprint density at radius 3 is 2.96 bits per heavy atom. The van der Waals surface area contributed by atoms with Crippen LogP contribution in [0.15, 0.2) is 24.3 Å². The van der Waals surface area contributed by atoms with Crippen molar-refractivity contribution in [2.24, 2.45) is 5.73 Å². The molecule has 2 heterocycles. The minimum absolute atomic E-state index is 0.332. The molecule has 3 aromatic rings. The lowest BCUT2D eigenvalue weighted by Crippen LogP contribution is -2.13. The van der Waals surface area contributed by atoms with Crippen LogP contribution in [0, 0.1) is 12.7 Å². The number of aryl methyl sites for hydroxylation is 1. The topological polar surface area (TPSA) is 81.7 Å². The van der Waals surface area contributed by atoms with Crippen LogP contribution in [0.2, 0.25) is 0 Å². The molecule has 0 fully saturated rings. The number of rotatable bonds is 6.